The molecule has 0 aliphatic heterocycles. The zero-order valence-electron chi connectivity index (χ0n) is 13.9. The van der Waals surface area contributed by atoms with Crippen LogP contribution in [-0.2, 0) is 7.05 Å². The fourth-order valence-electron chi connectivity index (χ4n) is 2.72. The van der Waals surface area contributed by atoms with Crippen LogP contribution < -0.4 is 10.6 Å². The summed E-state index contributed by atoms with van der Waals surface area (Å²) >= 11 is 6.34. The lowest BCUT2D eigenvalue weighted by Gasteiger charge is -2.13. The van der Waals surface area contributed by atoms with E-state index < -0.39 is 0 Å². The van der Waals surface area contributed by atoms with E-state index in [1.807, 2.05) is 40.0 Å². The van der Waals surface area contributed by atoms with E-state index >= 15 is 0 Å². The number of hydrogen-bond acceptors (Lipinski definition) is 3. The summed E-state index contributed by atoms with van der Waals surface area (Å²) in [6.07, 6.45) is 1.72. The SMILES string of the molecule is Cc1nn(C)c(C)c1NC(=O)Nc1c(Cl)cc(C)c2ncccc12. The monoisotopic (exact) mass is 343 g/mol. The van der Waals surface area contributed by atoms with Crippen molar-refractivity contribution in [1.82, 2.24) is 14.8 Å². The van der Waals surface area contributed by atoms with Gasteiger partial charge in [-0.15, -0.1) is 0 Å². The summed E-state index contributed by atoms with van der Waals surface area (Å²) < 4.78 is 1.73. The van der Waals surface area contributed by atoms with Crippen molar-refractivity contribution in [3.05, 3.63) is 46.4 Å². The predicted octanol–water partition coefficient (Wildman–Crippen LogP) is 4.19. The van der Waals surface area contributed by atoms with Crippen LogP contribution in [0.15, 0.2) is 24.4 Å². The molecule has 0 fully saturated rings. The van der Waals surface area contributed by atoms with E-state index in [9.17, 15) is 4.79 Å². The Hall–Kier alpha value is -2.60. The minimum Gasteiger partial charge on any atom is -0.306 e. The summed E-state index contributed by atoms with van der Waals surface area (Å²) in [7, 11) is 1.83. The molecule has 0 unspecified atom stereocenters. The number of pyridine rings is 1. The Labute approximate surface area is 144 Å². The number of benzene rings is 1. The maximum absolute atomic E-state index is 12.4. The molecule has 3 aromatic rings. The Morgan fingerprint density at radius 1 is 1.21 bits per heavy atom. The van der Waals surface area contributed by atoms with Crippen LogP contribution in [0.2, 0.25) is 5.02 Å². The van der Waals surface area contributed by atoms with Crippen LogP contribution in [0.1, 0.15) is 17.0 Å². The first kappa shape index (κ1) is 16.3. The number of anilines is 2. The fourth-order valence-corrected chi connectivity index (χ4v) is 3.03. The number of carbonyl (C=O) groups excluding carboxylic acids is 1. The second-order valence-electron chi connectivity index (χ2n) is 5.70. The Kier molecular flexibility index (Phi) is 4.15. The minimum atomic E-state index is -0.370. The number of carbonyl (C=O) groups is 1. The van der Waals surface area contributed by atoms with Crippen LogP contribution in [0.5, 0.6) is 0 Å². The molecule has 6 nitrogen and oxygen atoms in total. The van der Waals surface area contributed by atoms with E-state index in [1.165, 1.54) is 0 Å². The summed E-state index contributed by atoms with van der Waals surface area (Å²) in [6, 6.07) is 5.13. The van der Waals surface area contributed by atoms with Gasteiger partial charge in [0.2, 0.25) is 0 Å². The number of fused-ring (bicyclic) bond motifs is 1. The van der Waals surface area contributed by atoms with Gasteiger partial charge < -0.3 is 10.6 Å². The molecule has 124 valence electrons. The first-order chi connectivity index (χ1) is 11.4. The van der Waals surface area contributed by atoms with Gasteiger partial charge in [-0.2, -0.15) is 5.10 Å². The average molecular weight is 344 g/mol. The molecule has 0 bridgehead atoms. The molecule has 2 aromatic heterocycles. The molecule has 0 spiro atoms. The molecular weight excluding hydrogens is 326 g/mol. The maximum atomic E-state index is 12.4. The van der Waals surface area contributed by atoms with Crippen LogP contribution in [0.25, 0.3) is 10.9 Å². The van der Waals surface area contributed by atoms with Crippen molar-refractivity contribution in [3.63, 3.8) is 0 Å². The van der Waals surface area contributed by atoms with Crippen molar-refractivity contribution in [3.8, 4) is 0 Å². The van der Waals surface area contributed by atoms with E-state index in [2.05, 4.69) is 20.7 Å². The quantitative estimate of drug-likeness (QED) is 0.732. The lowest BCUT2D eigenvalue weighted by atomic mass is 10.1. The molecule has 0 atom stereocenters. The highest BCUT2D eigenvalue weighted by Gasteiger charge is 2.16. The van der Waals surface area contributed by atoms with E-state index in [4.69, 9.17) is 11.6 Å². The molecule has 2 heterocycles. The normalized spacial score (nSPS) is 10.9. The fraction of sp³-hybridized carbons (Fsp3) is 0.235. The van der Waals surface area contributed by atoms with Gasteiger partial charge in [0.1, 0.15) is 0 Å². The molecule has 0 aliphatic carbocycles. The summed E-state index contributed by atoms with van der Waals surface area (Å²) in [5.41, 5.74) is 4.64. The Morgan fingerprint density at radius 3 is 2.58 bits per heavy atom. The van der Waals surface area contributed by atoms with Crippen LogP contribution >= 0.6 is 11.6 Å². The molecule has 0 aliphatic rings. The summed E-state index contributed by atoms with van der Waals surface area (Å²) in [5, 5.41) is 11.2. The number of amides is 2. The lowest BCUT2D eigenvalue weighted by Crippen LogP contribution is -2.20. The third-order valence-electron chi connectivity index (χ3n) is 4.02. The van der Waals surface area contributed by atoms with Crippen molar-refractivity contribution in [2.24, 2.45) is 7.05 Å². The third kappa shape index (κ3) is 2.80. The molecule has 0 saturated heterocycles. The molecule has 2 amide bonds. The standard InChI is InChI=1S/C17H18ClN5O/c1-9-8-13(18)16(12-6-5-7-19-14(9)12)21-17(24)20-15-10(2)22-23(4)11(15)3/h5-8H,1-4H3,(H2,20,21,24). The van der Waals surface area contributed by atoms with E-state index in [-0.39, 0.29) is 6.03 Å². The first-order valence-corrected chi connectivity index (χ1v) is 7.88. The van der Waals surface area contributed by atoms with Gasteiger partial charge >= 0.3 is 6.03 Å². The molecular formula is C17H18ClN5O. The first-order valence-electron chi connectivity index (χ1n) is 7.50. The Morgan fingerprint density at radius 2 is 1.92 bits per heavy atom. The highest BCUT2D eigenvalue weighted by molar-refractivity contribution is 6.35. The van der Waals surface area contributed by atoms with Gasteiger partial charge in [0.25, 0.3) is 0 Å². The number of hydrogen-bond donors (Lipinski definition) is 2. The maximum Gasteiger partial charge on any atom is 0.323 e. The van der Waals surface area contributed by atoms with Crippen molar-refractivity contribution in [1.29, 1.82) is 0 Å². The summed E-state index contributed by atoms with van der Waals surface area (Å²) in [6.45, 7) is 5.68. The van der Waals surface area contributed by atoms with Gasteiger partial charge in [-0.1, -0.05) is 11.6 Å². The van der Waals surface area contributed by atoms with Gasteiger partial charge in [0.15, 0.2) is 0 Å². The van der Waals surface area contributed by atoms with E-state index in [1.54, 1.807) is 16.9 Å². The van der Waals surface area contributed by atoms with Gasteiger partial charge in [-0.05, 0) is 44.5 Å². The molecule has 1 aromatic carbocycles. The average Bonchev–Trinajstić information content (AvgIpc) is 2.78. The van der Waals surface area contributed by atoms with Gasteiger partial charge in [0.05, 0.1) is 33.3 Å². The van der Waals surface area contributed by atoms with Crippen molar-refractivity contribution < 1.29 is 4.79 Å². The number of aromatic nitrogens is 3. The highest BCUT2D eigenvalue weighted by atomic mass is 35.5. The minimum absolute atomic E-state index is 0.370. The number of urea groups is 1. The number of nitrogens with one attached hydrogen (secondary N) is 2. The van der Waals surface area contributed by atoms with Crippen LogP contribution in [0.3, 0.4) is 0 Å². The second kappa shape index (κ2) is 6.13. The third-order valence-corrected chi connectivity index (χ3v) is 4.32. The van der Waals surface area contributed by atoms with Crippen molar-refractivity contribution in [2.75, 3.05) is 10.6 Å². The molecule has 0 saturated carbocycles. The van der Waals surface area contributed by atoms with Gasteiger partial charge in [0, 0.05) is 18.6 Å². The molecule has 24 heavy (non-hydrogen) atoms. The Balaban J connectivity index is 1.94. The van der Waals surface area contributed by atoms with Crippen molar-refractivity contribution >= 4 is 39.9 Å². The van der Waals surface area contributed by atoms with Gasteiger partial charge in [-0.3, -0.25) is 9.67 Å². The smallest absolute Gasteiger partial charge is 0.306 e. The van der Waals surface area contributed by atoms with Crippen LogP contribution in [-0.4, -0.2) is 20.8 Å². The number of aryl methyl sites for hydroxylation is 3. The number of nitrogens with zero attached hydrogens (tertiary/aromatic N) is 3. The lowest BCUT2D eigenvalue weighted by molar-refractivity contribution is 0.262. The van der Waals surface area contributed by atoms with Crippen LogP contribution in [0.4, 0.5) is 16.2 Å². The number of halogens is 1. The largest absolute Gasteiger partial charge is 0.323 e. The molecule has 7 heteroatoms. The Bertz CT molecular complexity index is 948. The van der Waals surface area contributed by atoms with E-state index in [0.29, 0.717) is 16.4 Å². The topological polar surface area (TPSA) is 71.8 Å². The van der Waals surface area contributed by atoms with E-state index in [0.717, 1.165) is 27.9 Å². The molecule has 3 rings (SSSR count). The predicted molar refractivity (Wildman–Crippen MR) is 96.8 cm³/mol. The zero-order valence-corrected chi connectivity index (χ0v) is 14.7. The molecule has 2 N–H and O–H groups in total. The number of rotatable bonds is 2. The van der Waals surface area contributed by atoms with Crippen molar-refractivity contribution in [2.45, 2.75) is 20.8 Å². The summed E-state index contributed by atoms with van der Waals surface area (Å²) in [5.74, 6) is 0. The highest BCUT2D eigenvalue weighted by Crippen LogP contribution is 2.32. The summed E-state index contributed by atoms with van der Waals surface area (Å²) in [4.78, 5) is 16.8. The van der Waals surface area contributed by atoms with Gasteiger partial charge in [-0.25, -0.2) is 4.79 Å². The second-order valence-corrected chi connectivity index (χ2v) is 6.11. The molecule has 0 radical (unpaired) electrons. The van der Waals surface area contributed by atoms with Crippen LogP contribution in [0, 0.1) is 20.8 Å². The zero-order chi connectivity index (χ0) is 17.4.